The van der Waals surface area contributed by atoms with Gasteiger partial charge in [-0.1, -0.05) is 12.1 Å². The van der Waals surface area contributed by atoms with Gasteiger partial charge in [0.05, 0.1) is 7.11 Å². The number of hydrogen-bond donors (Lipinski definition) is 0. The SMILES string of the molecule is COc1cc([O-])ccc1C.[Br-].[Mg+2]. The van der Waals surface area contributed by atoms with Gasteiger partial charge in [-0.25, -0.2) is 0 Å². The first-order valence-corrected chi connectivity index (χ1v) is 3.05. The molecule has 1 rings (SSSR count). The van der Waals surface area contributed by atoms with Gasteiger partial charge in [0.2, 0.25) is 0 Å². The van der Waals surface area contributed by atoms with Crippen molar-refractivity contribution < 1.29 is 26.8 Å². The Bertz CT molecular complexity index is 240. The van der Waals surface area contributed by atoms with E-state index in [1.54, 1.807) is 13.2 Å². The largest absolute Gasteiger partial charge is 2.00 e. The molecule has 0 aliphatic rings. The first-order chi connectivity index (χ1) is 4.74. The van der Waals surface area contributed by atoms with Crippen molar-refractivity contribution in [3.05, 3.63) is 23.8 Å². The smallest absolute Gasteiger partial charge is 1.00 e. The van der Waals surface area contributed by atoms with Crippen molar-refractivity contribution in [2.75, 3.05) is 7.11 Å². The molecule has 0 amide bonds. The van der Waals surface area contributed by atoms with Gasteiger partial charge in [-0.3, -0.25) is 0 Å². The number of halogens is 1. The molecule has 0 saturated heterocycles. The zero-order chi connectivity index (χ0) is 7.56. The van der Waals surface area contributed by atoms with Crippen LogP contribution in [0.2, 0.25) is 0 Å². The first-order valence-electron chi connectivity index (χ1n) is 3.05. The standard InChI is InChI=1S/C8H10O2.BrH.Mg/c1-6-3-4-7(9)5-8(6)10-2;;/h3-5,9H,1-2H3;1H;/q;;+2/p-2. The van der Waals surface area contributed by atoms with E-state index < -0.39 is 0 Å². The summed E-state index contributed by atoms with van der Waals surface area (Å²) in [6.07, 6.45) is 0. The van der Waals surface area contributed by atoms with E-state index in [0.29, 0.717) is 5.75 Å². The third-order valence-corrected chi connectivity index (χ3v) is 1.38. The summed E-state index contributed by atoms with van der Waals surface area (Å²) in [5.41, 5.74) is 0.988. The molecule has 0 N–H and O–H groups in total. The molecule has 0 aromatic heterocycles. The van der Waals surface area contributed by atoms with Crippen LogP contribution in [-0.4, -0.2) is 30.2 Å². The fourth-order valence-corrected chi connectivity index (χ4v) is 0.800. The molecule has 12 heavy (non-hydrogen) atoms. The molecule has 0 unspecified atom stereocenters. The van der Waals surface area contributed by atoms with Crippen molar-refractivity contribution in [2.45, 2.75) is 6.92 Å². The molecule has 0 bridgehead atoms. The molecule has 1 aromatic carbocycles. The Kier molecular flexibility index (Phi) is 7.98. The van der Waals surface area contributed by atoms with E-state index in [-0.39, 0.29) is 45.8 Å². The predicted molar refractivity (Wildman–Crippen MR) is 42.9 cm³/mol. The number of benzene rings is 1. The fourth-order valence-electron chi connectivity index (χ4n) is 0.800. The van der Waals surface area contributed by atoms with Gasteiger partial charge in [0.1, 0.15) is 5.75 Å². The third kappa shape index (κ3) is 3.65. The Balaban J connectivity index is 0. The van der Waals surface area contributed by atoms with E-state index >= 15 is 0 Å². The molecular weight excluding hydrogens is 232 g/mol. The molecule has 0 spiro atoms. The minimum Gasteiger partial charge on any atom is -1.00 e. The number of hydrogen-bond acceptors (Lipinski definition) is 2. The summed E-state index contributed by atoms with van der Waals surface area (Å²) in [5.74, 6) is 0.648. The molecule has 0 aliphatic heterocycles. The normalized spacial score (nSPS) is 7.83. The maximum absolute atomic E-state index is 10.7. The summed E-state index contributed by atoms with van der Waals surface area (Å²) in [6, 6.07) is 4.76. The summed E-state index contributed by atoms with van der Waals surface area (Å²) in [5, 5.41) is 10.7. The molecule has 0 saturated carbocycles. The second-order valence-corrected chi connectivity index (χ2v) is 2.13. The molecule has 0 heterocycles. The first kappa shape index (κ1) is 14.6. The van der Waals surface area contributed by atoms with Gasteiger partial charge < -0.3 is 26.8 Å². The summed E-state index contributed by atoms with van der Waals surface area (Å²) < 4.78 is 4.93. The monoisotopic (exact) mass is 240 g/mol. The topological polar surface area (TPSA) is 32.3 Å². The quantitative estimate of drug-likeness (QED) is 0.518. The van der Waals surface area contributed by atoms with E-state index in [1.807, 2.05) is 6.92 Å². The van der Waals surface area contributed by atoms with Crippen LogP contribution in [0.1, 0.15) is 5.56 Å². The minimum atomic E-state index is -0.0116. The van der Waals surface area contributed by atoms with E-state index in [1.165, 1.54) is 12.1 Å². The van der Waals surface area contributed by atoms with Crippen LogP contribution in [0, 0.1) is 6.92 Å². The van der Waals surface area contributed by atoms with Crippen LogP contribution < -0.4 is 26.8 Å². The van der Waals surface area contributed by atoms with Crippen LogP contribution >= 0.6 is 0 Å². The summed E-state index contributed by atoms with van der Waals surface area (Å²) in [6.45, 7) is 1.90. The van der Waals surface area contributed by atoms with E-state index in [9.17, 15) is 5.11 Å². The summed E-state index contributed by atoms with van der Waals surface area (Å²) >= 11 is 0. The Hall–Kier alpha value is 0.0662. The van der Waals surface area contributed by atoms with Crippen molar-refractivity contribution in [3.63, 3.8) is 0 Å². The van der Waals surface area contributed by atoms with Gasteiger partial charge in [0, 0.05) is 0 Å². The summed E-state index contributed by atoms with van der Waals surface area (Å²) in [4.78, 5) is 0. The van der Waals surface area contributed by atoms with Crippen molar-refractivity contribution in [1.82, 2.24) is 0 Å². The molecule has 62 valence electrons. The number of rotatable bonds is 1. The Morgan fingerprint density at radius 1 is 1.33 bits per heavy atom. The van der Waals surface area contributed by atoms with Crippen LogP contribution in [0.3, 0.4) is 0 Å². The Morgan fingerprint density at radius 2 is 1.92 bits per heavy atom. The molecular formula is C8H9BrMgO2. The minimum absolute atomic E-state index is 0. The van der Waals surface area contributed by atoms with E-state index in [4.69, 9.17) is 4.74 Å². The molecule has 0 atom stereocenters. The second kappa shape index (κ2) is 6.57. The van der Waals surface area contributed by atoms with Crippen molar-refractivity contribution in [1.29, 1.82) is 0 Å². The van der Waals surface area contributed by atoms with Crippen molar-refractivity contribution >= 4 is 23.1 Å². The van der Waals surface area contributed by atoms with Gasteiger partial charge in [-0.2, -0.15) is 0 Å². The average molecular weight is 241 g/mol. The van der Waals surface area contributed by atoms with Crippen molar-refractivity contribution in [2.24, 2.45) is 0 Å². The zero-order valence-electron chi connectivity index (χ0n) is 7.13. The Morgan fingerprint density at radius 3 is 2.33 bits per heavy atom. The maximum Gasteiger partial charge on any atom is 2.00 e. The van der Waals surface area contributed by atoms with Crippen LogP contribution in [0.25, 0.3) is 0 Å². The van der Waals surface area contributed by atoms with Gasteiger partial charge in [0.15, 0.2) is 0 Å². The Labute approximate surface area is 98.9 Å². The maximum atomic E-state index is 10.7. The second-order valence-electron chi connectivity index (χ2n) is 2.13. The molecule has 0 fully saturated rings. The number of aryl methyl sites for hydroxylation is 1. The number of ether oxygens (including phenoxy) is 1. The fraction of sp³-hybridized carbons (Fsp3) is 0.250. The van der Waals surface area contributed by atoms with Crippen LogP contribution in [-0.2, 0) is 0 Å². The van der Waals surface area contributed by atoms with Crippen LogP contribution in [0.5, 0.6) is 11.5 Å². The van der Waals surface area contributed by atoms with Gasteiger partial charge in [0.25, 0.3) is 0 Å². The van der Waals surface area contributed by atoms with Gasteiger partial charge in [-0.15, -0.1) is 5.75 Å². The third-order valence-electron chi connectivity index (χ3n) is 1.38. The van der Waals surface area contributed by atoms with Gasteiger partial charge in [-0.05, 0) is 18.6 Å². The molecule has 4 heteroatoms. The average Bonchev–Trinajstić information content (AvgIpc) is 1.94. The van der Waals surface area contributed by atoms with E-state index in [2.05, 4.69) is 0 Å². The molecule has 1 aromatic rings. The van der Waals surface area contributed by atoms with Crippen LogP contribution in [0.15, 0.2) is 18.2 Å². The predicted octanol–water partition coefficient (Wildman–Crippen LogP) is -2.30. The molecule has 0 aliphatic carbocycles. The van der Waals surface area contributed by atoms with Gasteiger partial charge >= 0.3 is 23.1 Å². The summed E-state index contributed by atoms with van der Waals surface area (Å²) in [7, 11) is 1.56. The zero-order valence-corrected chi connectivity index (χ0v) is 10.1. The van der Waals surface area contributed by atoms with E-state index in [0.717, 1.165) is 5.56 Å². The molecule has 2 nitrogen and oxygen atoms in total. The molecule has 0 radical (unpaired) electrons. The number of methoxy groups -OCH3 is 1. The van der Waals surface area contributed by atoms with Crippen LogP contribution in [0.4, 0.5) is 0 Å². The van der Waals surface area contributed by atoms with Crippen molar-refractivity contribution in [3.8, 4) is 11.5 Å².